The van der Waals surface area contributed by atoms with E-state index in [-0.39, 0.29) is 23.7 Å². The number of carbonyl (C=O) groups excluding carboxylic acids is 1. The molecule has 0 N–H and O–H groups in total. The fraction of sp³-hybridized carbons (Fsp3) is 0.519. The van der Waals surface area contributed by atoms with Crippen molar-refractivity contribution in [1.82, 2.24) is 19.5 Å². The fourth-order valence-electron chi connectivity index (χ4n) is 5.93. The number of hydrogen-bond donors (Lipinski definition) is 0. The van der Waals surface area contributed by atoms with Crippen LogP contribution in [0, 0.1) is 11.8 Å². The summed E-state index contributed by atoms with van der Waals surface area (Å²) in [7, 11) is 0. The highest BCUT2D eigenvalue weighted by molar-refractivity contribution is 5.93. The van der Waals surface area contributed by atoms with Crippen molar-refractivity contribution < 1.29 is 22.7 Å². The normalized spacial score (nSPS) is 23.6. The maximum Gasteiger partial charge on any atom is 0.416 e. The molecule has 2 aromatic heterocycles. The first-order valence-electron chi connectivity index (χ1n) is 13.0. The number of nitrogens with zero attached hydrogens (tertiary/aromatic N) is 5. The quantitative estimate of drug-likeness (QED) is 0.498. The predicted molar refractivity (Wildman–Crippen MR) is 134 cm³/mol. The van der Waals surface area contributed by atoms with Crippen LogP contribution in [0.1, 0.15) is 54.2 Å². The van der Waals surface area contributed by atoms with Crippen LogP contribution in [0.5, 0.6) is 0 Å². The van der Waals surface area contributed by atoms with Gasteiger partial charge in [-0.05, 0) is 54.4 Å². The van der Waals surface area contributed by atoms with Crippen molar-refractivity contribution in [2.75, 3.05) is 44.3 Å². The number of fused-ring (bicyclic) bond motifs is 2. The van der Waals surface area contributed by atoms with Gasteiger partial charge in [-0.25, -0.2) is 9.50 Å². The lowest BCUT2D eigenvalue weighted by Gasteiger charge is -2.27. The second kappa shape index (κ2) is 10.3. The molecule has 6 rings (SSSR count). The molecule has 1 unspecified atom stereocenters. The number of aromatic nitrogens is 3. The van der Waals surface area contributed by atoms with Gasteiger partial charge in [0, 0.05) is 26.2 Å². The number of benzene rings is 1. The van der Waals surface area contributed by atoms with E-state index in [4.69, 9.17) is 4.74 Å². The SMILES string of the molecule is CC.O=C(c1cn2nc(N3CCOCC3)ccc2n1)N1C[C@H]2CC(c3ccccc3C(F)(F)F)C[C@H]2C1. The van der Waals surface area contributed by atoms with Crippen molar-refractivity contribution in [2.24, 2.45) is 11.8 Å². The van der Waals surface area contributed by atoms with Crippen molar-refractivity contribution in [3.63, 3.8) is 0 Å². The zero-order chi connectivity index (χ0) is 26.2. The average Bonchev–Trinajstić information content (AvgIpc) is 3.62. The molecule has 1 aromatic carbocycles. The van der Waals surface area contributed by atoms with Gasteiger partial charge in [-0.1, -0.05) is 32.0 Å². The van der Waals surface area contributed by atoms with E-state index in [0.717, 1.165) is 18.9 Å². The van der Waals surface area contributed by atoms with Gasteiger partial charge < -0.3 is 14.5 Å². The van der Waals surface area contributed by atoms with Crippen LogP contribution in [0.2, 0.25) is 0 Å². The number of hydrogen-bond acceptors (Lipinski definition) is 5. The molecule has 10 heteroatoms. The molecule has 3 aliphatic rings. The maximum absolute atomic E-state index is 13.5. The molecule has 0 spiro atoms. The molecule has 1 aliphatic carbocycles. The van der Waals surface area contributed by atoms with Crippen LogP contribution in [0.4, 0.5) is 19.0 Å². The fourth-order valence-corrected chi connectivity index (χ4v) is 5.93. The third-order valence-electron chi connectivity index (χ3n) is 7.60. The summed E-state index contributed by atoms with van der Waals surface area (Å²) in [5.74, 6) is 0.947. The van der Waals surface area contributed by atoms with Crippen LogP contribution in [0.15, 0.2) is 42.6 Å². The summed E-state index contributed by atoms with van der Waals surface area (Å²) in [5.41, 5.74) is 0.797. The molecule has 4 heterocycles. The van der Waals surface area contributed by atoms with Crippen molar-refractivity contribution >= 4 is 17.4 Å². The Morgan fingerprint density at radius 3 is 2.35 bits per heavy atom. The van der Waals surface area contributed by atoms with Gasteiger partial charge in [0.15, 0.2) is 5.65 Å². The molecule has 37 heavy (non-hydrogen) atoms. The van der Waals surface area contributed by atoms with E-state index in [9.17, 15) is 18.0 Å². The molecule has 0 bridgehead atoms. The molecule has 1 saturated carbocycles. The van der Waals surface area contributed by atoms with Gasteiger partial charge in [0.2, 0.25) is 0 Å². The van der Waals surface area contributed by atoms with E-state index in [1.54, 1.807) is 27.7 Å². The van der Waals surface area contributed by atoms with Gasteiger partial charge in [-0.15, -0.1) is 5.10 Å². The molecular formula is C27H32F3N5O2. The number of rotatable bonds is 3. The highest BCUT2D eigenvalue weighted by atomic mass is 19.4. The number of imidazole rings is 1. The predicted octanol–water partition coefficient (Wildman–Crippen LogP) is 4.88. The summed E-state index contributed by atoms with van der Waals surface area (Å²) in [5, 5.41) is 4.62. The Hall–Kier alpha value is -3.14. The van der Waals surface area contributed by atoms with Crippen LogP contribution in [-0.4, -0.2) is 64.8 Å². The standard InChI is InChI=1S/C25H26F3N5O2.C2H6/c26-25(27,28)20-4-2-1-3-19(20)16-11-17-13-32(14-18(17)12-16)24(34)21-15-33-22(29-21)5-6-23(30-33)31-7-9-35-10-8-31;1-2/h1-6,15-18H,7-14H2;1-2H3/t16?,17-,18+;. The van der Waals surface area contributed by atoms with E-state index in [0.29, 0.717) is 56.0 Å². The Kier molecular flexibility index (Phi) is 7.11. The smallest absolute Gasteiger partial charge is 0.378 e. The van der Waals surface area contributed by atoms with Gasteiger partial charge in [-0.3, -0.25) is 4.79 Å². The van der Waals surface area contributed by atoms with E-state index < -0.39 is 11.7 Å². The maximum atomic E-state index is 13.5. The third-order valence-corrected chi connectivity index (χ3v) is 7.60. The van der Waals surface area contributed by atoms with Crippen molar-refractivity contribution in [3.8, 4) is 0 Å². The van der Waals surface area contributed by atoms with Gasteiger partial charge >= 0.3 is 6.18 Å². The number of anilines is 1. The average molecular weight is 516 g/mol. The number of morpholine rings is 1. The number of ether oxygens (including phenoxy) is 1. The molecule has 3 atom stereocenters. The number of halogens is 3. The van der Waals surface area contributed by atoms with Crippen LogP contribution >= 0.6 is 0 Å². The van der Waals surface area contributed by atoms with E-state index in [2.05, 4.69) is 15.0 Å². The molecule has 3 aromatic rings. The third kappa shape index (κ3) is 5.03. The molecule has 7 nitrogen and oxygen atoms in total. The Labute approximate surface area is 214 Å². The second-order valence-electron chi connectivity index (χ2n) is 9.70. The first-order valence-corrected chi connectivity index (χ1v) is 13.0. The Balaban J connectivity index is 0.00000137. The molecule has 2 saturated heterocycles. The van der Waals surface area contributed by atoms with Gasteiger partial charge in [0.25, 0.3) is 5.91 Å². The lowest BCUT2D eigenvalue weighted by atomic mass is 9.91. The van der Waals surface area contributed by atoms with Crippen LogP contribution in [0.25, 0.3) is 5.65 Å². The minimum absolute atomic E-state index is 0.127. The Morgan fingerprint density at radius 2 is 1.68 bits per heavy atom. The minimum atomic E-state index is -4.35. The summed E-state index contributed by atoms with van der Waals surface area (Å²) >= 11 is 0. The minimum Gasteiger partial charge on any atom is -0.378 e. The topological polar surface area (TPSA) is 63.0 Å². The highest BCUT2D eigenvalue weighted by Crippen LogP contribution is 2.49. The molecule has 2 aliphatic heterocycles. The molecule has 0 radical (unpaired) electrons. The number of alkyl halides is 3. The van der Waals surface area contributed by atoms with Gasteiger partial charge in [0.1, 0.15) is 11.5 Å². The number of amides is 1. The largest absolute Gasteiger partial charge is 0.416 e. The van der Waals surface area contributed by atoms with Crippen LogP contribution in [0.3, 0.4) is 0 Å². The lowest BCUT2D eigenvalue weighted by Crippen LogP contribution is -2.36. The molecule has 198 valence electrons. The van der Waals surface area contributed by atoms with Crippen LogP contribution < -0.4 is 4.90 Å². The zero-order valence-electron chi connectivity index (χ0n) is 21.1. The van der Waals surface area contributed by atoms with E-state index in [1.165, 1.54) is 12.1 Å². The van der Waals surface area contributed by atoms with Gasteiger partial charge in [-0.2, -0.15) is 13.2 Å². The van der Waals surface area contributed by atoms with E-state index >= 15 is 0 Å². The first kappa shape index (κ1) is 25.5. The van der Waals surface area contributed by atoms with Gasteiger partial charge in [0.05, 0.1) is 25.0 Å². The zero-order valence-corrected chi connectivity index (χ0v) is 21.1. The summed E-state index contributed by atoms with van der Waals surface area (Å²) in [4.78, 5) is 21.6. The number of likely N-dealkylation sites (tertiary alicyclic amines) is 1. The first-order chi connectivity index (χ1) is 17.9. The van der Waals surface area contributed by atoms with Crippen molar-refractivity contribution in [1.29, 1.82) is 0 Å². The Bertz CT molecular complexity index is 1240. The molecule has 3 fully saturated rings. The summed E-state index contributed by atoms with van der Waals surface area (Å²) in [6.07, 6.45) is -1.36. The summed E-state index contributed by atoms with van der Waals surface area (Å²) < 4.78 is 47.5. The van der Waals surface area contributed by atoms with Crippen molar-refractivity contribution in [2.45, 2.75) is 38.8 Å². The summed E-state index contributed by atoms with van der Waals surface area (Å²) in [6.45, 7) is 7.96. The Morgan fingerprint density at radius 1 is 1.00 bits per heavy atom. The monoisotopic (exact) mass is 515 g/mol. The lowest BCUT2D eigenvalue weighted by molar-refractivity contribution is -0.138. The highest BCUT2D eigenvalue weighted by Gasteiger charge is 2.45. The van der Waals surface area contributed by atoms with Crippen LogP contribution in [-0.2, 0) is 10.9 Å². The van der Waals surface area contributed by atoms with Crippen molar-refractivity contribution in [3.05, 3.63) is 59.4 Å². The number of carbonyl (C=O) groups is 1. The second-order valence-corrected chi connectivity index (χ2v) is 9.70. The summed E-state index contributed by atoms with van der Waals surface area (Å²) in [6, 6.07) is 9.65. The molecular weight excluding hydrogens is 483 g/mol. The molecule has 1 amide bonds. The van der Waals surface area contributed by atoms with E-state index in [1.807, 2.05) is 26.0 Å².